The molecule has 3 heterocycles. The molecule has 160 valence electrons. The molecule has 0 radical (unpaired) electrons. The van der Waals surface area contributed by atoms with Crippen LogP contribution in [0.2, 0.25) is 0 Å². The number of carbonyl (C=O) groups is 1. The third kappa shape index (κ3) is 3.82. The number of piperidine rings is 1. The SMILES string of the molecule is O=C(c1cc(F)ccc1F)C1CCN(c2nc(-c3ccncc3)nc3ccccc23)CC1. The molecule has 0 bridgehead atoms. The zero-order chi connectivity index (χ0) is 22.1. The van der Waals surface area contributed by atoms with E-state index in [-0.39, 0.29) is 17.3 Å². The fourth-order valence-electron chi connectivity index (χ4n) is 4.19. The fourth-order valence-corrected chi connectivity index (χ4v) is 4.19. The van der Waals surface area contributed by atoms with E-state index in [1.165, 1.54) is 0 Å². The summed E-state index contributed by atoms with van der Waals surface area (Å²) in [5.41, 5.74) is 1.54. The Kier molecular flexibility index (Phi) is 5.31. The van der Waals surface area contributed by atoms with Gasteiger partial charge in [0, 0.05) is 42.4 Å². The number of pyridine rings is 1. The summed E-state index contributed by atoms with van der Waals surface area (Å²) < 4.78 is 27.6. The maximum atomic E-state index is 14.1. The maximum Gasteiger partial charge on any atom is 0.169 e. The Balaban J connectivity index is 1.42. The van der Waals surface area contributed by atoms with Crippen molar-refractivity contribution in [3.8, 4) is 11.4 Å². The first-order valence-corrected chi connectivity index (χ1v) is 10.5. The first-order chi connectivity index (χ1) is 15.6. The lowest BCUT2D eigenvalue weighted by atomic mass is 9.88. The van der Waals surface area contributed by atoms with Crippen molar-refractivity contribution < 1.29 is 13.6 Å². The van der Waals surface area contributed by atoms with E-state index in [9.17, 15) is 13.6 Å². The van der Waals surface area contributed by atoms with Crippen LogP contribution in [0.1, 0.15) is 23.2 Å². The van der Waals surface area contributed by atoms with Crippen LogP contribution in [0.15, 0.2) is 67.0 Å². The minimum absolute atomic E-state index is 0.170. The standard InChI is InChI=1S/C25H20F2N4O/c26-18-5-6-21(27)20(15-18)23(32)16-9-13-31(14-10-16)25-19-3-1-2-4-22(19)29-24(30-25)17-7-11-28-12-8-17/h1-8,11-12,15-16H,9-10,13-14H2. The molecule has 32 heavy (non-hydrogen) atoms. The highest BCUT2D eigenvalue weighted by Crippen LogP contribution is 2.31. The molecule has 0 atom stereocenters. The van der Waals surface area contributed by atoms with E-state index in [2.05, 4.69) is 9.88 Å². The topological polar surface area (TPSA) is 59.0 Å². The average Bonchev–Trinajstić information content (AvgIpc) is 2.85. The molecule has 4 aromatic rings. The zero-order valence-corrected chi connectivity index (χ0v) is 17.2. The van der Waals surface area contributed by atoms with Crippen molar-refractivity contribution in [2.24, 2.45) is 5.92 Å². The van der Waals surface area contributed by atoms with Gasteiger partial charge in [-0.1, -0.05) is 12.1 Å². The second-order valence-corrected chi connectivity index (χ2v) is 7.87. The molecule has 0 N–H and O–H groups in total. The second kappa shape index (κ2) is 8.42. The molecule has 1 fully saturated rings. The van der Waals surface area contributed by atoms with Crippen LogP contribution in [0.4, 0.5) is 14.6 Å². The van der Waals surface area contributed by atoms with Crippen molar-refractivity contribution in [3.63, 3.8) is 0 Å². The quantitative estimate of drug-likeness (QED) is 0.423. The first kappa shape index (κ1) is 20.2. The predicted octanol–water partition coefficient (Wildman–Crippen LogP) is 5.07. The molecule has 0 aliphatic carbocycles. The summed E-state index contributed by atoms with van der Waals surface area (Å²) in [6.07, 6.45) is 4.49. The van der Waals surface area contributed by atoms with Crippen LogP contribution in [0, 0.1) is 17.6 Å². The molecule has 5 nitrogen and oxygen atoms in total. The third-order valence-corrected chi connectivity index (χ3v) is 5.88. The van der Waals surface area contributed by atoms with Crippen molar-refractivity contribution in [2.75, 3.05) is 18.0 Å². The van der Waals surface area contributed by atoms with E-state index in [0.717, 1.165) is 40.5 Å². The van der Waals surface area contributed by atoms with Crippen molar-refractivity contribution in [3.05, 3.63) is 84.2 Å². The molecule has 2 aromatic heterocycles. The van der Waals surface area contributed by atoms with Crippen molar-refractivity contribution in [2.45, 2.75) is 12.8 Å². The minimum atomic E-state index is -0.678. The highest BCUT2D eigenvalue weighted by atomic mass is 19.1. The predicted molar refractivity (Wildman–Crippen MR) is 118 cm³/mol. The number of fused-ring (bicyclic) bond motifs is 1. The number of ketones is 1. The smallest absolute Gasteiger partial charge is 0.169 e. The van der Waals surface area contributed by atoms with Gasteiger partial charge in [0.05, 0.1) is 11.1 Å². The summed E-state index contributed by atoms with van der Waals surface area (Å²) in [5.74, 6) is -0.556. The van der Waals surface area contributed by atoms with Gasteiger partial charge in [-0.05, 0) is 55.3 Å². The van der Waals surface area contributed by atoms with Crippen LogP contribution in [-0.4, -0.2) is 33.8 Å². The number of rotatable bonds is 4. The van der Waals surface area contributed by atoms with Crippen molar-refractivity contribution in [1.82, 2.24) is 15.0 Å². The largest absolute Gasteiger partial charge is 0.356 e. The molecule has 0 spiro atoms. The van der Waals surface area contributed by atoms with Gasteiger partial charge in [0.2, 0.25) is 0 Å². The van der Waals surface area contributed by atoms with Crippen LogP contribution in [0.5, 0.6) is 0 Å². The van der Waals surface area contributed by atoms with Crippen LogP contribution in [0.25, 0.3) is 22.3 Å². The van der Waals surface area contributed by atoms with Crippen LogP contribution >= 0.6 is 0 Å². The average molecular weight is 430 g/mol. The molecule has 1 aliphatic rings. The molecule has 1 saturated heterocycles. The highest BCUT2D eigenvalue weighted by molar-refractivity contribution is 5.98. The number of halogens is 2. The van der Waals surface area contributed by atoms with Gasteiger partial charge < -0.3 is 4.90 Å². The molecule has 0 unspecified atom stereocenters. The van der Waals surface area contributed by atoms with Gasteiger partial charge in [-0.15, -0.1) is 0 Å². The zero-order valence-electron chi connectivity index (χ0n) is 17.2. The number of carbonyl (C=O) groups excluding carboxylic acids is 1. The lowest BCUT2D eigenvalue weighted by Gasteiger charge is -2.33. The third-order valence-electron chi connectivity index (χ3n) is 5.88. The van der Waals surface area contributed by atoms with Crippen LogP contribution < -0.4 is 4.90 Å². The molecule has 7 heteroatoms. The van der Waals surface area contributed by atoms with Gasteiger partial charge in [0.15, 0.2) is 11.6 Å². The Labute approximate surface area is 183 Å². The number of anilines is 1. The molecule has 5 rings (SSSR count). The lowest BCUT2D eigenvalue weighted by molar-refractivity contribution is 0.0895. The molecular weight excluding hydrogens is 410 g/mol. The van der Waals surface area contributed by atoms with Crippen LogP contribution in [0.3, 0.4) is 0 Å². The fraction of sp³-hybridized carbons (Fsp3) is 0.200. The van der Waals surface area contributed by atoms with Gasteiger partial charge in [0.1, 0.15) is 17.5 Å². The molecule has 1 aliphatic heterocycles. The number of hydrogen-bond donors (Lipinski definition) is 0. The van der Waals surface area contributed by atoms with Crippen molar-refractivity contribution in [1.29, 1.82) is 0 Å². The van der Waals surface area contributed by atoms with Gasteiger partial charge in [0.25, 0.3) is 0 Å². The maximum absolute atomic E-state index is 14.1. The van der Waals surface area contributed by atoms with Crippen LogP contribution in [-0.2, 0) is 0 Å². The number of nitrogens with zero attached hydrogens (tertiary/aromatic N) is 4. The van der Waals surface area contributed by atoms with Gasteiger partial charge in [-0.2, -0.15) is 0 Å². The summed E-state index contributed by atoms with van der Waals surface area (Å²) in [4.78, 5) is 28.6. The van der Waals surface area contributed by atoms with E-state index in [1.807, 2.05) is 36.4 Å². The summed E-state index contributed by atoms with van der Waals surface area (Å²) in [6, 6.07) is 14.6. The normalized spacial score (nSPS) is 14.6. The van der Waals surface area contributed by atoms with E-state index in [1.54, 1.807) is 12.4 Å². The highest BCUT2D eigenvalue weighted by Gasteiger charge is 2.29. The molecule has 2 aromatic carbocycles. The Hall–Kier alpha value is -3.74. The van der Waals surface area contributed by atoms with Crippen molar-refractivity contribution >= 4 is 22.5 Å². The van der Waals surface area contributed by atoms with Gasteiger partial charge in [-0.3, -0.25) is 9.78 Å². The van der Waals surface area contributed by atoms with Gasteiger partial charge >= 0.3 is 0 Å². The summed E-state index contributed by atoms with van der Waals surface area (Å²) >= 11 is 0. The molecular formula is C25H20F2N4O. The van der Waals surface area contributed by atoms with E-state index >= 15 is 0 Å². The molecule has 0 saturated carbocycles. The summed E-state index contributed by atoms with van der Waals surface area (Å²) in [7, 11) is 0. The van der Waals surface area contributed by atoms with E-state index in [0.29, 0.717) is 31.8 Å². The Morgan fingerprint density at radius 3 is 2.47 bits per heavy atom. The minimum Gasteiger partial charge on any atom is -0.356 e. The number of aromatic nitrogens is 3. The number of benzene rings is 2. The second-order valence-electron chi connectivity index (χ2n) is 7.87. The summed E-state index contributed by atoms with van der Waals surface area (Å²) in [6.45, 7) is 1.17. The van der Waals surface area contributed by atoms with Gasteiger partial charge in [-0.25, -0.2) is 18.7 Å². The first-order valence-electron chi connectivity index (χ1n) is 10.5. The Bertz CT molecular complexity index is 1290. The summed E-state index contributed by atoms with van der Waals surface area (Å²) in [5, 5.41) is 0.936. The number of Topliss-reactive ketones (excluding diaryl/α,β-unsaturated/α-hetero) is 1. The van der Waals surface area contributed by atoms with E-state index in [4.69, 9.17) is 9.97 Å². The Morgan fingerprint density at radius 2 is 1.69 bits per heavy atom. The van der Waals surface area contributed by atoms with E-state index < -0.39 is 11.6 Å². The number of para-hydroxylation sites is 1. The molecule has 0 amide bonds. The number of hydrogen-bond acceptors (Lipinski definition) is 5. The lowest BCUT2D eigenvalue weighted by Crippen LogP contribution is -2.37. The monoisotopic (exact) mass is 430 g/mol. The Morgan fingerprint density at radius 1 is 0.938 bits per heavy atom.